The standard InChI is InChI=1S/C11H21F3N2O2/c1-10(2,3)18-9(17)7(15)5-6-8(16-4)11(12,13)14/h7-8,16H,5-6,15H2,1-4H3. The third kappa shape index (κ3) is 6.80. The van der Waals surface area contributed by atoms with Crippen LogP contribution < -0.4 is 11.1 Å². The lowest BCUT2D eigenvalue weighted by Crippen LogP contribution is -2.43. The number of esters is 1. The van der Waals surface area contributed by atoms with Gasteiger partial charge < -0.3 is 15.8 Å². The van der Waals surface area contributed by atoms with Crippen molar-refractivity contribution in [3.05, 3.63) is 0 Å². The Hall–Kier alpha value is -0.820. The van der Waals surface area contributed by atoms with Gasteiger partial charge in [0.1, 0.15) is 17.7 Å². The minimum absolute atomic E-state index is 0.0834. The van der Waals surface area contributed by atoms with Crippen LogP contribution in [0.25, 0.3) is 0 Å². The molecule has 0 fully saturated rings. The molecule has 0 aliphatic rings. The van der Waals surface area contributed by atoms with Crippen molar-refractivity contribution in [3.63, 3.8) is 0 Å². The fourth-order valence-corrected chi connectivity index (χ4v) is 1.31. The Morgan fingerprint density at radius 3 is 2.11 bits per heavy atom. The van der Waals surface area contributed by atoms with Crippen LogP contribution in [-0.4, -0.2) is 36.9 Å². The van der Waals surface area contributed by atoms with Crippen molar-refractivity contribution in [2.75, 3.05) is 7.05 Å². The third-order valence-corrected chi connectivity index (χ3v) is 2.22. The molecule has 0 heterocycles. The van der Waals surface area contributed by atoms with Crippen molar-refractivity contribution in [1.29, 1.82) is 0 Å². The molecule has 0 aliphatic carbocycles. The van der Waals surface area contributed by atoms with Gasteiger partial charge in [-0.3, -0.25) is 4.79 Å². The minimum Gasteiger partial charge on any atom is -0.459 e. The van der Waals surface area contributed by atoms with Crippen LogP contribution in [-0.2, 0) is 9.53 Å². The number of carbonyl (C=O) groups is 1. The molecule has 0 spiro atoms. The van der Waals surface area contributed by atoms with Crippen LogP contribution in [0.5, 0.6) is 0 Å². The number of hydrogen-bond donors (Lipinski definition) is 2. The molecule has 0 amide bonds. The molecule has 0 rings (SSSR count). The second-order valence-corrected chi connectivity index (χ2v) is 5.10. The largest absolute Gasteiger partial charge is 0.459 e. The van der Waals surface area contributed by atoms with Crippen LogP contribution in [0.4, 0.5) is 13.2 Å². The van der Waals surface area contributed by atoms with E-state index in [1.54, 1.807) is 20.8 Å². The smallest absolute Gasteiger partial charge is 0.403 e. The van der Waals surface area contributed by atoms with E-state index in [4.69, 9.17) is 10.5 Å². The highest BCUT2D eigenvalue weighted by atomic mass is 19.4. The summed E-state index contributed by atoms with van der Waals surface area (Å²) in [4.78, 5) is 11.5. The summed E-state index contributed by atoms with van der Waals surface area (Å²) in [5.74, 6) is -0.681. The molecule has 2 unspecified atom stereocenters. The lowest BCUT2D eigenvalue weighted by atomic mass is 10.1. The summed E-state index contributed by atoms with van der Waals surface area (Å²) in [5.41, 5.74) is 4.81. The fourth-order valence-electron chi connectivity index (χ4n) is 1.31. The first-order chi connectivity index (χ1) is 7.97. The number of hydrogen-bond acceptors (Lipinski definition) is 4. The zero-order chi connectivity index (χ0) is 14.6. The Morgan fingerprint density at radius 2 is 1.78 bits per heavy atom. The number of halogens is 3. The molecule has 7 heteroatoms. The number of alkyl halides is 3. The normalized spacial score (nSPS) is 16.2. The van der Waals surface area contributed by atoms with Gasteiger partial charge in [-0.1, -0.05) is 0 Å². The average Bonchev–Trinajstić information content (AvgIpc) is 2.13. The second-order valence-electron chi connectivity index (χ2n) is 5.10. The van der Waals surface area contributed by atoms with Gasteiger partial charge >= 0.3 is 12.1 Å². The number of ether oxygens (including phenoxy) is 1. The third-order valence-electron chi connectivity index (χ3n) is 2.22. The lowest BCUT2D eigenvalue weighted by Gasteiger charge is -2.24. The molecule has 0 aliphatic heterocycles. The minimum atomic E-state index is -4.34. The first-order valence-corrected chi connectivity index (χ1v) is 5.70. The van der Waals surface area contributed by atoms with E-state index in [9.17, 15) is 18.0 Å². The van der Waals surface area contributed by atoms with Crippen molar-refractivity contribution < 1.29 is 22.7 Å². The molecule has 0 aromatic rings. The molecule has 0 aromatic heterocycles. The molecule has 18 heavy (non-hydrogen) atoms. The molecule has 0 radical (unpaired) electrons. The van der Waals surface area contributed by atoms with Gasteiger partial charge in [-0.25, -0.2) is 0 Å². The highest BCUT2D eigenvalue weighted by molar-refractivity contribution is 5.75. The maximum atomic E-state index is 12.4. The van der Waals surface area contributed by atoms with Gasteiger partial charge in [0.15, 0.2) is 0 Å². The molecule has 0 bridgehead atoms. The molecule has 0 aromatic carbocycles. The fraction of sp³-hybridized carbons (Fsp3) is 0.909. The molecule has 2 atom stereocenters. The van der Waals surface area contributed by atoms with Gasteiger partial charge in [0.25, 0.3) is 0 Å². The summed E-state index contributed by atoms with van der Waals surface area (Å²) in [6.45, 7) is 5.01. The van der Waals surface area contributed by atoms with Crippen molar-refractivity contribution in [1.82, 2.24) is 5.32 Å². The zero-order valence-electron chi connectivity index (χ0n) is 11.1. The summed E-state index contributed by atoms with van der Waals surface area (Å²) in [6, 6.07) is -2.70. The maximum Gasteiger partial charge on any atom is 0.403 e. The van der Waals surface area contributed by atoms with Crippen LogP contribution in [0.3, 0.4) is 0 Å². The predicted octanol–water partition coefficient (Wildman–Crippen LogP) is 1.59. The van der Waals surface area contributed by atoms with E-state index in [1.807, 2.05) is 0 Å². The van der Waals surface area contributed by atoms with Crippen molar-refractivity contribution >= 4 is 5.97 Å². The summed E-state index contributed by atoms with van der Waals surface area (Å²) in [7, 11) is 1.22. The van der Waals surface area contributed by atoms with Gasteiger partial charge in [0.05, 0.1) is 0 Å². The van der Waals surface area contributed by atoms with Crippen LogP contribution in [0.2, 0.25) is 0 Å². The highest BCUT2D eigenvalue weighted by Gasteiger charge is 2.38. The molecule has 0 saturated heterocycles. The second kappa shape index (κ2) is 6.38. The first-order valence-electron chi connectivity index (χ1n) is 5.70. The van der Waals surface area contributed by atoms with Gasteiger partial charge in [0, 0.05) is 0 Å². The van der Waals surface area contributed by atoms with Crippen molar-refractivity contribution in [2.24, 2.45) is 5.73 Å². The van der Waals surface area contributed by atoms with Crippen LogP contribution in [0, 0.1) is 0 Å². The van der Waals surface area contributed by atoms with Crippen molar-refractivity contribution in [3.8, 4) is 0 Å². The Kier molecular flexibility index (Phi) is 6.09. The zero-order valence-corrected chi connectivity index (χ0v) is 11.1. The molecular formula is C11H21F3N2O2. The van der Waals surface area contributed by atoms with Crippen LogP contribution in [0.15, 0.2) is 0 Å². The van der Waals surface area contributed by atoms with E-state index in [-0.39, 0.29) is 12.8 Å². The quantitative estimate of drug-likeness (QED) is 0.745. The Balaban J connectivity index is 4.25. The van der Waals surface area contributed by atoms with Crippen LogP contribution in [0.1, 0.15) is 33.6 Å². The number of rotatable bonds is 5. The molecule has 3 N–H and O–H groups in total. The van der Waals surface area contributed by atoms with E-state index in [0.29, 0.717) is 0 Å². The Morgan fingerprint density at radius 1 is 1.28 bits per heavy atom. The van der Waals surface area contributed by atoms with Crippen molar-refractivity contribution in [2.45, 2.75) is 57.5 Å². The summed E-state index contributed by atoms with van der Waals surface area (Å²) in [5, 5.41) is 2.15. The summed E-state index contributed by atoms with van der Waals surface area (Å²) >= 11 is 0. The monoisotopic (exact) mass is 270 g/mol. The number of nitrogens with two attached hydrogens (primary N) is 1. The van der Waals surface area contributed by atoms with E-state index in [0.717, 1.165) is 0 Å². The topological polar surface area (TPSA) is 64.3 Å². The molecule has 108 valence electrons. The van der Waals surface area contributed by atoms with Gasteiger partial charge in [-0.2, -0.15) is 13.2 Å². The lowest BCUT2D eigenvalue weighted by molar-refractivity contribution is -0.161. The summed E-state index contributed by atoms with van der Waals surface area (Å²) in [6.07, 6.45) is -4.69. The van der Waals surface area contributed by atoms with Gasteiger partial charge in [-0.15, -0.1) is 0 Å². The molecule has 0 saturated carbocycles. The van der Waals surface area contributed by atoms with Gasteiger partial charge in [-0.05, 0) is 40.7 Å². The number of nitrogens with one attached hydrogen (secondary N) is 1. The van der Waals surface area contributed by atoms with E-state index in [1.165, 1.54) is 7.05 Å². The Bertz CT molecular complexity index is 274. The average molecular weight is 270 g/mol. The van der Waals surface area contributed by atoms with E-state index < -0.39 is 29.8 Å². The number of carbonyl (C=O) groups excluding carboxylic acids is 1. The summed E-state index contributed by atoms with van der Waals surface area (Å²) < 4.78 is 42.3. The molecule has 4 nitrogen and oxygen atoms in total. The Labute approximate surface area is 105 Å². The maximum absolute atomic E-state index is 12.4. The predicted molar refractivity (Wildman–Crippen MR) is 62.0 cm³/mol. The first kappa shape index (κ1) is 17.2. The van der Waals surface area contributed by atoms with E-state index >= 15 is 0 Å². The van der Waals surface area contributed by atoms with Gasteiger partial charge in [0.2, 0.25) is 0 Å². The molecular weight excluding hydrogens is 249 g/mol. The highest BCUT2D eigenvalue weighted by Crippen LogP contribution is 2.23. The van der Waals surface area contributed by atoms with Crippen LogP contribution >= 0.6 is 0 Å². The van der Waals surface area contributed by atoms with E-state index in [2.05, 4.69) is 5.32 Å². The SMILES string of the molecule is CNC(CCC(N)C(=O)OC(C)(C)C)C(F)(F)F.